The average molecular weight is 198 g/mol. The van der Waals surface area contributed by atoms with Gasteiger partial charge in [0.15, 0.2) is 5.60 Å². The Hall–Kier alpha value is -0.570. The predicted octanol–water partition coefficient (Wildman–Crippen LogP) is 2.04. The van der Waals surface area contributed by atoms with Gasteiger partial charge in [-0.3, -0.25) is 0 Å². The molecule has 0 spiro atoms. The van der Waals surface area contributed by atoms with E-state index in [4.69, 9.17) is 9.47 Å². The van der Waals surface area contributed by atoms with E-state index in [0.717, 1.165) is 19.3 Å². The fourth-order valence-electron chi connectivity index (χ4n) is 2.10. The first kappa shape index (κ1) is 9.97. The molecule has 0 aromatic rings. The quantitative estimate of drug-likeness (QED) is 0.478. The molecular weight excluding hydrogens is 180 g/mol. The lowest BCUT2D eigenvalue weighted by atomic mass is 9.89. The second-order valence-electron chi connectivity index (χ2n) is 5.24. The molecular formula is C11H18O3. The van der Waals surface area contributed by atoms with E-state index in [0.29, 0.717) is 0 Å². The van der Waals surface area contributed by atoms with Crippen molar-refractivity contribution in [2.24, 2.45) is 0 Å². The lowest BCUT2D eigenvalue weighted by Crippen LogP contribution is -2.37. The van der Waals surface area contributed by atoms with Gasteiger partial charge in [0.05, 0.1) is 6.10 Å². The minimum atomic E-state index is -0.550. The summed E-state index contributed by atoms with van der Waals surface area (Å²) in [5, 5.41) is 0. The first-order chi connectivity index (χ1) is 6.44. The molecule has 0 amide bonds. The summed E-state index contributed by atoms with van der Waals surface area (Å²) in [5.41, 5.74) is -0.953. The summed E-state index contributed by atoms with van der Waals surface area (Å²) in [6, 6.07) is 0. The maximum atomic E-state index is 11.8. The van der Waals surface area contributed by atoms with Crippen molar-refractivity contribution in [1.82, 2.24) is 0 Å². The van der Waals surface area contributed by atoms with E-state index >= 15 is 0 Å². The zero-order valence-electron chi connectivity index (χ0n) is 9.13. The van der Waals surface area contributed by atoms with Crippen LogP contribution in [0, 0.1) is 0 Å². The number of epoxide rings is 1. The molecule has 2 unspecified atom stereocenters. The number of hydrogen-bond donors (Lipinski definition) is 0. The molecule has 3 nitrogen and oxygen atoms in total. The van der Waals surface area contributed by atoms with Gasteiger partial charge in [-0.1, -0.05) is 6.42 Å². The number of hydrogen-bond acceptors (Lipinski definition) is 3. The van der Waals surface area contributed by atoms with Crippen LogP contribution < -0.4 is 0 Å². The molecule has 14 heavy (non-hydrogen) atoms. The molecule has 2 atom stereocenters. The Morgan fingerprint density at radius 3 is 2.71 bits per heavy atom. The monoisotopic (exact) mass is 198 g/mol. The van der Waals surface area contributed by atoms with Crippen LogP contribution in [0.3, 0.4) is 0 Å². The number of fused-ring (bicyclic) bond motifs is 1. The summed E-state index contributed by atoms with van der Waals surface area (Å²) in [7, 11) is 0. The Morgan fingerprint density at radius 1 is 1.43 bits per heavy atom. The largest absolute Gasteiger partial charge is 0.458 e. The van der Waals surface area contributed by atoms with Crippen molar-refractivity contribution < 1.29 is 14.3 Å². The van der Waals surface area contributed by atoms with Crippen molar-refractivity contribution in [3.05, 3.63) is 0 Å². The molecule has 1 saturated heterocycles. The van der Waals surface area contributed by atoms with Gasteiger partial charge in [-0.2, -0.15) is 0 Å². The van der Waals surface area contributed by atoms with Gasteiger partial charge in [0.2, 0.25) is 0 Å². The van der Waals surface area contributed by atoms with Crippen molar-refractivity contribution in [3.63, 3.8) is 0 Å². The third-order valence-corrected chi connectivity index (χ3v) is 2.82. The smallest absolute Gasteiger partial charge is 0.341 e. The number of esters is 1. The zero-order valence-corrected chi connectivity index (χ0v) is 9.13. The van der Waals surface area contributed by atoms with E-state index in [1.165, 1.54) is 6.42 Å². The van der Waals surface area contributed by atoms with Crippen molar-refractivity contribution in [3.8, 4) is 0 Å². The minimum Gasteiger partial charge on any atom is -0.458 e. The fraction of sp³-hybridized carbons (Fsp3) is 0.909. The van der Waals surface area contributed by atoms with E-state index in [1.807, 2.05) is 20.8 Å². The minimum absolute atomic E-state index is 0.145. The molecule has 80 valence electrons. The Bertz CT molecular complexity index is 254. The standard InChI is InChI=1S/C11H18O3/c1-10(2,3)14-9(12)11-7-5-4-6-8(11)13-11/h8H,4-7H2,1-3H3. The number of ether oxygens (including phenoxy) is 2. The Balaban J connectivity index is 1.99. The highest BCUT2D eigenvalue weighted by Gasteiger charge is 2.64. The molecule has 0 aromatic carbocycles. The van der Waals surface area contributed by atoms with E-state index in [-0.39, 0.29) is 12.1 Å². The van der Waals surface area contributed by atoms with Gasteiger partial charge in [-0.05, 0) is 40.0 Å². The Morgan fingerprint density at radius 2 is 2.14 bits per heavy atom. The van der Waals surface area contributed by atoms with Gasteiger partial charge in [0, 0.05) is 0 Å². The van der Waals surface area contributed by atoms with Crippen LogP contribution in [0.2, 0.25) is 0 Å². The topological polar surface area (TPSA) is 38.8 Å². The maximum Gasteiger partial charge on any atom is 0.341 e. The van der Waals surface area contributed by atoms with Crippen LogP contribution in [0.25, 0.3) is 0 Å². The van der Waals surface area contributed by atoms with E-state index < -0.39 is 11.2 Å². The van der Waals surface area contributed by atoms with Gasteiger partial charge < -0.3 is 9.47 Å². The molecule has 0 bridgehead atoms. The highest BCUT2D eigenvalue weighted by molar-refractivity contribution is 5.84. The Labute approximate surface area is 84.8 Å². The molecule has 1 aliphatic heterocycles. The van der Waals surface area contributed by atoms with Crippen LogP contribution in [0.5, 0.6) is 0 Å². The summed E-state index contributed by atoms with van der Waals surface area (Å²) >= 11 is 0. The van der Waals surface area contributed by atoms with E-state index in [9.17, 15) is 4.79 Å². The van der Waals surface area contributed by atoms with Crippen LogP contribution in [0.1, 0.15) is 46.5 Å². The SMILES string of the molecule is CC(C)(C)OC(=O)C12CCCCC1O2. The molecule has 1 aliphatic carbocycles. The fourth-order valence-corrected chi connectivity index (χ4v) is 2.10. The lowest BCUT2D eigenvalue weighted by molar-refractivity contribution is -0.162. The average Bonchev–Trinajstić information content (AvgIpc) is 2.75. The second-order valence-corrected chi connectivity index (χ2v) is 5.24. The van der Waals surface area contributed by atoms with Crippen molar-refractivity contribution in [2.75, 3.05) is 0 Å². The highest BCUT2D eigenvalue weighted by atomic mass is 16.7. The van der Waals surface area contributed by atoms with E-state index in [1.54, 1.807) is 0 Å². The predicted molar refractivity (Wildman–Crippen MR) is 51.9 cm³/mol. The molecule has 1 heterocycles. The first-order valence-electron chi connectivity index (χ1n) is 5.35. The molecule has 1 saturated carbocycles. The molecule has 3 heteroatoms. The summed E-state index contributed by atoms with van der Waals surface area (Å²) in [4.78, 5) is 11.8. The van der Waals surface area contributed by atoms with Crippen LogP contribution >= 0.6 is 0 Å². The van der Waals surface area contributed by atoms with Crippen molar-refractivity contribution in [2.45, 2.75) is 63.8 Å². The second kappa shape index (κ2) is 2.96. The number of carbonyl (C=O) groups excluding carboxylic acids is 1. The summed E-state index contributed by atoms with van der Waals surface area (Å²) < 4.78 is 10.9. The van der Waals surface area contributed by atoms with Crippen LogP contribution in [0.15, 0.2) is 0 Å². The highest BCUT2D eigenvalue weighted by Crippen LogP contribution is 2.48. The molecule has 0 aromatic heterocycles. The van der Waals surface area contributed by atoms with Crippen LogP contribution in [-0.2, 0) is 14.3 Å². The third-order valence-electron chi connectivity index (χ3n) is 2.82. The lowest BCUT2D eigenvalue weighted by Gasteiger charge is -2.23. The molecule has 2 aliphatic rings. The number of rotatable bonds is 1. The molecule has 2 fully saturated rings. The normalized spacial score (nSPS) is 36.1. The van der Waals surface area contributed by atoms with Crippen molar-refractivity contribution >= 4 is 5.97 Å². The summed E-state index contributed by atoms with van der Waals surface area (Å²) in [5.74, 6) is -0.158. The summed E-state index contributed by atoms with van der Waals surface area (Å²) in [6.45, 7) is 5.67. The van der Waals surface area contributed by atoms with Crippen LogP contribution in [-0.4, -0.2) is 23.3 Å². The molecule has 2 rings (SSSR count). The van der Waals surface area contributed by atoms with Gasteiger partial charge >= 0.3 is 5.97 Å². The number of carbonyl (C=O) groups is 1. The zero-order chi connectivity index (χ0) is 10.4. The van der Waals surface area contributed by atoms with Crippen LogP contribution in [0.4, 0.5) is 0 Å². The van der Waals surface area contributed by atoms with E-state index in [2.05, 4.69) is 0 Å². The van der Waals surface area contributed by atoms with Gasteiger partial charge in [-0.15, -0.1) is 0 Å². The van der Waals surface area contributed by atoms with Gasteiger partial charge in [0.1, 0.15) is 5.60 Å². The summed E-state index contributed by atoms with van der Waals surface area (Å²) in [6.07, 6.45) is 4.25. The Kier molecular flexibility index (Phi) is 2.11. The van der Waals surface area contributed by atoms with Crippen molar-refractivity contribution in [1.29, 1.82) is 0 Å². The molecule has 0 radical (unpaired) electrons. The first-order valence-corrected chi connectivity index (χ1v) is 5.35. The third kappa shape index (κ3) is 1.65. The van der Waals surface area contributed by atoms with Gasteiger partial charge in [-0.25, -0.2) is 4.79 Å². The van der Waals surface area contributed by atoms with Gasteiger partial charge in [0.25, 0.3) is 0 Å². The maximum absolute atomic E-state index is 11.8. The molecule has 0 N–H and O–H groups in total.